The third-order valence-electron chi connectivity index (χ3n) is 3.68. The molecule has 21 heavy (non-hydrogen) atoms. The van der Waals surface area contributed by atoms with E-state index in [2.05, 4.69) is 10.6 Å². The molecule has 1 aromatic carbocycles. The van der Waals surface area contributed by atoms with Crippen LogP contribution in [0.3, 0.4) is 0 Å². The molecule has 0 radical (unpaired) electrons. The van der Waals surface area contributed by atoms with Crippen LogP contribution in [0.15, 0.2) is 24.3 Å². The molecule has 1 aromatic rings. The number of nitrogens with one attached hydrogen (secondary N) is 2. The fraction of sp³-hybridized carbons (Fsp3) is 0.467. The van der Waals surface area contributed by atoms with Crippen LogP contribution in [0.2, 0.25) is 0 Å². The van der Waals surface area contributed by atoms with Gasteiger partial charge in [-0.3, -0.25) is 9.59 Å². The first kappa shape index (κ1) is 14.4. The fourth-order valence-electron chi connectivity index (χ4n) is 2.28. The smallest absolute Gasteiger partial charge is 0.243 e. The summed E-state index contributed by atoms with van der Waals surface area (Å²) in [6.45, 7) is 0. The lowest BCUT2D eigenvalue weighted by Crippen LogP contribution is -2.54. The number of benzene rings is 1. The molecular formula is C15H17FN2O2S. The van der Waals surface area contributed by atoms with Crippen molar-refractivity contribution in [3.05, 3.63) is 35.6 Å². The highest BCUT2D eigenvalue weighted by Crippen LogP contribution is 2.24. The van der Waals surface area contributed by atoms with Gasteiger partial charge in [0.2, 0.25) is 11.8 Å². The Hall–Kier alpha value is -1.56. The fourth-order valence-corrected chi connectivity index (χ4v) is 3.46. The number of thioether (sulfide) groups is 1. The molecule has 2 amide bonds. The van der Waals surface area contributed by atoms with Gasteiger partial charge in [0.1, 0.15) is 11.9 Å². The van der Waals surface area contributed by atoms with Crippen molar-refractivity contribution >= 4 is 23.6 Å². The standard InChI is InChI=1S/C15H17FN2O2S/c16-11-4-2-1-3-9(11)7-13-15(20)18-12(8-21-13)14(19)17-10-5-6-10/h1-4,10,12-13H,5-8H2,(H,17,19)(H,18,20)/t12-,13+/m1/s1. The minimum absolute atomic E-state index is 0.109. The largest absolute Gasteiger partial charge is 0.352 e. The SMILES string of the molecule is O=C1N[C@@H](C(=O)NC2CC2)CS[C@H]1Cc1ccccc1F. The molecule has 2 atom stereocenters. The third kappa shape index (κ3) is 3.56. The number of hydrogen-bond acceptors (Lipinski definition) is 3. The van der Waals surface area contributed by atoms with Crippen molar-refractivity contribution in [2.24, 2.45) is 0 Å². The Morgan fingerprint density at radius 3 is 2.81 bits per heavy atom. The zero-order chi connectivity index (χ0) is 14.8. The van der Waals surface area contributed by atoms with Crippen LogP contribution in [0.25, 0.3) is 0 Å². The Morgan fingerprint density at radius 1 is 1.38 bits per heavy atom. The first-order chi connectivity index (χ1) is 10.1. The zero-order valence-corrected chi connectivity index (χ0v) is 12.3. The maximum Gasteiger partial charge on any atom is 0.243 e. The number of carbonyl (C=O) groups excluding carboxylic acids is 2. The van der Waals surface area contributed by atoms with Crippen molar-refractivity contribution in [2.75, 3.05) is 5.75 Å². The van der Waals surface area contributed by atoms with Crippen LogP contribution in [0.4, 0.5) is 4.39 Å². The van der Waals surface area contributed by atoms with Gasteiger partial charge in [0, 0.05) is 11.8 Å². The average Bonchev–Trinajstić information content (AvgIpc) is 3.27. The van der Waals surface area contributed by atoms with Crippen LogP contribution in [-0.2, 0) is 16.0 Å². The van der Waals surface area contributed by atoms with Crippen molar-refractivity contribution in [2.45, 2.75) is 36.6 Å². The highest BCUT2D eigenvalue weighted by Gasteiger charge is 2.34. The third-order valence-corrected chi connectivity index (χ3v) is 4.99. The summed E-state index contributed by atoms with van der Waals surface area (Å²) in [5.74, 6) is -0.0590. The minimum atomic E-state index is -0.472. The molecule has 6 heteroatoms. The quantitative estimate of drug-likeness (QED) is 0.880. The summed E-state index contributed by atoms with van der Waals surface area (Å²) in [6.07, 6.45) is 2.39. The molecule has 2 fully saturated rings. The number of hydrogen-bond donors (Lipinski definition) is 2. The summed E-state index contributed by atoms with van der Waals surface area (Å²) in [5, 5.41) is 5.29. The zero-order valence-electron chi connectivity index (χ0n) is 11.5. The second-order valence-electron chi connectivity index (χ2n) is 5.46. The lowest BCUT2D eigenvalue weighted by atomic mass is 10.1. The Morgan fingerprint density at radius 2 is 2.14 bits per heavy atom. The van der Waals surface area contributed by atoms with Crippen molar-refractivity contribution in [1.29, 1.82) is 0 Å². The van der Waals surface area contributed by atoms with Gasteiger partial charge in [0.25, 0.3) is 0 Å². The van der Waals surface area contributed by atoms with Gasteiger partial charge >= 0.3 is 0 Å². The van der Waals surface area contributed by atoms with Gasteiger partial charge in [-0.1, -0.05) is 18.2 Å². The van der Waals surface area contributed by atoms with E-state index in [1.807, 2.05) is 0 Å². The Labute approximate surface area is 126 Å². The van der Waals surface area contributed by atoms with E-state index in [0.29, 0.717) is 17.7 Å². The molecule has 2 aliphatic rings. The molecule has 1 saturated heterocycles. The Kier molecular flexibility index (Phi) is 4.14. The van der Waals surface area contributed by atoms with Gasteiger partial charge < -0.3 is 10.6 Å². The molecule has 0 aromatic heterocycles. The molecule has 4 nitrogen and oxygen atoms in total. The van der Waals surface area contributed by atoms with Crippen LogP contribution in [0.5, 0.6) is 0 Å². The first-order valence-corrected chi connectivity index (χ1v) is 8.14. The van der Waals surface area contributed by atoms with E-state index < -0.39 is 6.04 Å². The summed E-state index contributed by atoms with van der Waals surface area (Å²) in [5.41, 5.74) is 0.533. The van der Waals surface area contributed by atoms with Gasteiger partial charge in [-0.25, -0.2) is 4.39 Å². The molecular weight excluding hydrogens is 291 g/mol. The first-order valence-electron chi connectivity index (χ1n) is 7.09. The van der Waals surface area contributed by atoms with Crippen LogP contribution < -0.4 is 10.6 Å². The number of halogens is 1. The molecule has 112 valence electrons. The topological polar surface area (TPSA) is 58.2 Å². The van der Waals surface area contributed by atoms with E-state index in [9.17, 15) is 14.0 Å². The molecule has 0 spiro atoms. The number of amides is 2. The monoisotopic (exact) mass is 308 g/mol. The molecule has 1 saturated carbocycles. The van der Waals surface area contributed by atoms with E-state index in [0.717, 1.165) is 12.8 Å². The number of rotatable bonds is 4. The highest BCUT2D eigenvalue weighted by atomic mass is 32.2. The van der Waals surface area contributed by atoms with E-state index >= 15 is 0 Å². The van der Waals surface area contributed by atoms with Crippen molar-refractivity contribution < 1.29 is 14.0 Å². The molecule has 1 heterocycles. The van der Waals surface area contributed by atoms with Crippen molar-refractivity contribution in [1.82, 2.24) is 10.6 Å². The van der Waals surface area contributed by atoms with E-state index in [4.69, 9.17) is 0 Å². The molecule has 3 rings (SSSR count). The second kappa shape index (κ2) is 6.05. The normalized spacial score (nSPS) is 25.3. The van der Waals surface area contributed by atoms with Gasteiger partial charge in [0.15, 0.2) is 0 Å². The van der Waals surface area contributed by atoms with E-state index in [1.165, 1.54) is 17.8 Å². The predicted molar refractivity (Wildman–Crippen MR) is 79.4 cm³/mol. The summed E-state index contributed by atoms with van der Waals surface area (Å²) in [6, 6.07) is 6.29. The van der Waals surface area contributed by atoms with Crippen LogP contribution in [0, 0.1) is 5.82 Å². The van der Waals surface area contributed by atoms with E-state index in [1.54, 1.807) is 18.2 Å². The van der Waals surface area contributed by atoms with Gasteiger partial charge in [0.05, 0.1) is 5.25 Å². The Balaban J connectivity index is 1.57. The lowest BCUT2D eigenvalue weighted by Gasteiger charge is -2.28. The molecule has 0 unspecified atom stereocenters. The molecule has 1 aliphatic carbocycles. The summed E-state index contributed by atoms with van der Waals surface area (Å²) < 4.78 is 13.6. The minimum Gasteiger partial charge on any atom is -0.352 e. The van der Waals surface area contributed by atoms with Gasteiger partial charge in [-0.15, -0.1) is 11.8 Å². The van der Waals surface area contributed by atoms with Crippen molar-refractivity contribution in [3.63, 3.8) is 0 Å². The van der Waals surface area contributed by atoms with Gasteiger partial charge in [-0.05, 0) is 30.9 Å². The van der Waals surface area contributed by atoms with Gasteiger partial charge in [-0.2, -0.15) is 0 Å². The summed E-state index contributed by atoms with van der Waals surface area (Å²) >= 11 is 1.42. The lowest BCUT2D eigenvalue weighted by molar-refractivity contribution is -0.128. The maximum atomic E-state index is 13.6. The van der Waals surface area contributed by atoms with E-state index in [-0.39, 0.29) is 28.9 Å². The Bertz CT molecular complexity index is 562. The van der Waals surface area contributed by atoms with Crippen molar-refractivity contribution in [3.8, 4) is 0 Å². The molecule has 2 N–H and O–H groups in total. The molecule has 1 aliphatic heterocycles. The number of carbonyl (C=O) groups is 2. The van der Waals surface area contributed by atoms with Crippen LogP contribution in [-0.4, -0.2) is 34.9 Å². The summed E-state index contributed by atoms with van der Waals surface area (Å²) in [4.78, 5) is 24.0. The van der Waals surface area contributed by atoms with Crippen LogP contribution >= 0.6 is 11.8 Å². The summed E-state index contributed by atoms with van der Waals surface area (Å²) in [7, 11) is 0. The van der Waals surface area contributed by atoms with Crippen LogP contribution in [0.1, 0.15) is 18.4 Å². The average molecular weight is 308 g/mol. The second-order valence-corrected chi connectivity index (χ2v) is 6.70. The highest BCUT2D eigenvalue weighted by molar-refractivity contribution is 8.00. The predicted octanol–water partition coefficient (Wildman–Crippen LogP) is 1.25. The maximum absolute atomic E-state index is 13.6. The molecule has 0 bridgehead atoms.